The molecule has 0 heterocycles. The highest BCUT2D eigenvalue weighted by atomic mass is 16.6. The number of ether oxygens (including phenoxy) is 7. The van der Waals surface area contributed by atoms with Gasteiger partial charge in [0.1, 0.15) is 23.0 Å². The third-order valence-electron chi connectivity index (χ3n) is 11.0. The minimum atomic E-state index is -0.847. The Labute approximate surface area is 433 Å². The Bertz CT molecular complexity index is 2970. The van der Waals surface area contributed by atoms with Crippen LogP contribution in [0.1, 0.15) is 78.6 Å². The van der Waals surface area contributed by atoms with E-state index in [0.717, 1.165) is 11.5 Å². The van der Waals surface area contributed by atoms with Crippen molar-refractivity contribution >= 4 is 46.6 Å². The third kappa shape index (κ3) is 15.2. The predicted molar refractivity (Wildman–Crippen MR) is 279 cm³/mol. The first-order chi connectivity index (χ1) is 36.7. The van der Waals surface area contributed by atoms with E-state index in [-0.39, 0.29) is 35.8 Å². The van der Waals surface area contributed by atoms with Gasteiger partial charge in [0, 0.05) is 0 Å². The van der Waals surface area contributed by atoms with E-state index in [1.165, 1.54) is 48.5 Å². The Morgan fingerprint density at radius 3 is 0.947 bits per heavy atom. The molecule has 376 valence electrons. The molecule has 15 heteroatoms. The van der Waals surface area contributed by atoms with E-state index in [4.69, 9.17) is 33.2 Å². The lowest BCUT2D eigenvalue weighted by Crippen LogP contribution is -2.21. The Kier molecular flexibility index (Phi) is 18.1. The number of benzene rings is 8. The van der Waals surface area contributed by atoms with Gasteiger partial charge in [-0.15, -0.1) is 0 Å². The van der Waals surface area contributed by atoms with Crippen molar-refractivity contribution in [2.75, 3.05) is 26.4 Å². The summed E-state index contributed by atoms with van der Waals surface area (Å²) < 4.78 is 40.2. The molecule has 8 aromatic carbocycles. The molecule has 0 radical (unpaired) electrons. The lowest BCUT2D eigenvalue weighted by Gasteiger charge is -2.22. The molecule has 0 aromatic heterocycles. The Hall–Kier alpha value is -9.60. The molecule has 0 bridgehead atoms. The summed E-state index contributed by atoms with van der Waals surface area (Å²) in [6.45, 7) is 4.81. The largest absolute Gasteiger partial charge is 0.494 e. The molecule has 0 aliphatic carbocycles. The van der Waals surface area contributed by atoms with Crippen LogP contribution >= 0.6 is 0 Å². The molecule has 0 saturated carbocycles. The van der Waals surface area contributed by atoms with E-state index in [1.807, 2.05) is 98.8 Å². The van der Waals surface area contributed by atoms with Crippen molar-refractivity contribution in [3.8, 4) is 23.0 Å². The quantitative estimate of drug-likeness (QED) is 0.0358. The summed E-state index contributed by atoms with van der Waals surface area (Å²) in [5, 5.41) is 16.9. The van der Waals surface area contributed by atoms with Gasteiger partial charge in [0.15, 0.2) is 12.2 Å². The highest BCUT2D eigenvalue weighted by molar-refractivity contribution is 5.93. The van der Waals surface area contributed by atoms with Crippen LogP contribution in [0, 0.1) is 0 Å². The van der Waals surface area contributed by atoms with Crippen LogP contribution in [0.25, 0.3) is 0 Å². The van der Waals surface area contributed by atoms with E-state index in [9.17, 15) is 19.2 Å². The highest BCUT2D eigenvalue weighted by Gasteiger charge is 2.23. The van der Waals surface area contributed by atoms with Gasteiger partial charge >= 0.3 is 23.9 Å². The summed E-state index contributed by atoms with van der Waals surface area (Å²) in [6.07, 6.45) is -1.69. The lowest BCUT2D eigenvalue weighted by atomic mass is 10.1. The van der Waals surface area contributed by atoms with Crippen molar-refractivity contribution in [1.29, 1.82) is 0 Å². The molecule has 15 nitrogen and oxygen atoms in total. The Balaban J connectivity index is 0.832. The first-order valence-electron chi connectivity index (χ1n) is 23.9. The second-order valence-corrected chi connectivity index (χ2v) is 16.3. The maximum atomic E-state index is 13.6. The van der Waals surface area contributed by atoms with Crippen LogP contribution in [0.15, 0.2) is 227 Å². The second kappa shape index (κ2) is 26.2. The number of rotatable bonds is 22. The number of carbonyl (C=O) groups is 4. The molecule has 0 fully saturated rings. The smallest absolute Gasteiger partial charge is 0.343 e. The van der Waals surface area contributed by atoms with E-state index < -0.39 is 36.1 Å². The molecule has 75 heavy (non-hydrogen) atoms. The molecule has 0 saturated heterocycles. The van der Waals surface area contributed by atoms with Gasteiger partial charge in [-0.2, -0.15) is 20.5 Å². The zero-order valence-electron chi connectivity index (χ0n) is 40.9. The molecule has 0 unspecified atom stereocenters. The van der Waals surface area contributed by atoms with Crippen molar-refractivity contribution in [3.63, 3.8) is 0 Å². The fraction of sp³-hybridized carbons (Fsp3) is 0.133. The van der Waals surface area contributed by atoms with Crippen molar-refractivity contribution in [3.05, 3.63) is 240 Å². The first kappa shape index (κ1) is 51.7. The van der Waals surface area contributed by atoms with Gasteiger partial charge in [0.2, 0.25) is 0 Å². The number of azo groups is 2. The van der Waals surface area contributed by atoms with E-state index in [0.29, 0.717) is 58.2 Å². The van der Waals surface area contributed by atoms with Gasteiger partial charge in [-0.25, -0.2) is 19.2 Å². The lowest BCUT2D eigenvalue weighted by molar-refractivity contribution is -0.0363. The minimum absolute atomic E-state index is 0.0786. The van der Waals surface area contributed by atoms with Gasteiger partial charge < -0.3 is 33.2 Å². The average Bonchev–Trinajstić information content (AvgIpc) is 3.45. The average molecular weight is 1000 g/mol. The van der Waals surface area contributed by atoms with E-state index >= 15 is 0 Å². The van der Waals surface area contributed by atoms with E-state index in [1.54, 1.807) is 72.8 Å². The molecule has 0 spiro atoms. The fourth-order valence-corrected chi connectivity index (χ4v) is 7.17. The molecule has 2 atom stereocenters. The minimum Gasteiger partial charge on any atom is -0.494 e. The maximum Gasteiger partial charge on any atom is 0.343 e. The van der Waals surface area contributed by atoms with Crippen LogP contribution in [0.3, 0.4) is 0 Å². The molecule has 0 aliphatic rings. The molecule has 8 aromatic rings. The monoisotopic (exact) mass is 1000 g/mol. The molecular weight excluding hydrogens is 953 g/mol. The van der Waals surface area contributed by atoms with Gasteiger partial charge in [-0.05, 0) is 171 Å². The molecule has 0 N–H and O–H groups in total. The first-order valence-corrected chi connectivity index (χ1v) is 23.9. The number of nitrogens with zero attached hydrogens (tertiary/aromatic N) is 4. The summed E-state index contributed by atoms with van der Waals surface area (Å²) in [6, 6.07) is 57.6. The van der Waals surface area contributed by atoms with Gasteiger partial charge in [0.05, 0.1) is 71.4 Å². The SMILES string of the molecule is CCOc1ccc(N=Nc2ccc(C(=O)Oc3ccc(C(=O)O[C@@H](COC[C@H](OC(=O)c4ccc(OC(=O)c5ccc(N=Nc6ccc(OCC)cc6)cc5)cc4)c4ccccc4)c4ccccc4)cc3)cc2)cc1. The summed E-state index contributed by atoms with van der Waals surface area (Å²) >= 11 is 0. The van der Waals surface area contributed by atoms with Crippen LogP contribution in [-0.4, -0.2) is 50.3 Å². The Morgan fingerprint density at radius 1 is 0.347 bits per heavy atom. The second-order valence-electron chi connectivity index (χ2n) is 16.3. The number of carbonyl (C=O) groups excluding carboxylic acids is 4. The van der Waals surface area contributed by atoms with Crippen molar-refractivity contribution in [2.45, 2.75) is 26.1 Å². The number of hydrogen-bond acceptors (Lipinski definition) is 15. The van der Waals surface area contributed by atoms with Gasteiger partial charge in [0.25, 0.3) is 0 Å². The summed E-state index contributed by atoms with van der Waals surface area (Å²) in [5.41, 5.74) is 4.76. The van der Waals surface area contributed by atoms with Crippen molar-refractivity contribution in [2.24, 2.45) is 20.5 Å². The Morgan fingerprint density at radius 2 is 0.627 bits per heavy atom. The van der Waals surface area contributed by atoms with Gasteiger partial charge in [-0.1, -0.05) is 60.7 Å². The third-order valence-corrected chi connectivity index (χ3v) is 11.0. The molecular formula is C60H50N4O11. The molecule has 0 aliphatic heterocycles. The molecule has 8 rings (SSSR count). The zero-order valence-corrected chi connectivity index (χ0v) is 40.9. The van der Waals surface area contributed by atoms with E-state index in [2.05, 4.69) is 20.5 Å². The standard InChI is InChI=1S/C60H50N4O11/c1-3-70-51-35-27-49(28-36-51)63-61-47-23-15-43(16-24-47)57(65)72-53-31-19-45(20-32-53)59(67)74-55(41-11-7-5-8-12-41)39-69-40-56(42-13-9-6-10-14-42)75-60(68)46-21-33-54(34-22-46)73-58(66)44-17-25-48(26-18-44)62-64-50-29-37-52(38-30-50)71-4-2/h5-38,55-56H,3-4,39-40H2,1-2H3/t55-,56-/m0/s1. The van der Waals surface area contributed by atoms with Crippen LogP contribution in [-0.2, 0) is 14.2 Å². The van der Waals surface area contributed by atoms with Gasteiger partial charge in [-0.3, -0.25) is 0 Å². The van der Waals surface area contributed by atoms with Crippen molar-refractivity contribution < 1.29 is 52.3 Å². The van der Waals surface area contributed by atoms with Crippen LogP contribution < -0.4 is 18.9 Å². The molecule has 0 amide bonds. The normalized spacial score (nSPS) is 11.9. The maximum absolute atomic E-state index is 13.6. The number of hydrogen-bond donors (Lipinski definition) is 0. The highest BCUT2D eigenvalue weighted by Crippen LogP contribution is 2.28. The predicted octanol–water partition coefficient (Wildman–Crippen LogP) is 14.3. The van der Waals surface area contributed by atoms with Crippen LogP contribution in [0.5, 0.6) is 23.0 Å². The fourth-order valence-electron chi connectivity index (χ4n) is 7.17. The summed E-state index contributed by atoms with van der Waals surface area (Å²) in [7, 11) is 0. The van der Waals surface area contributed by atoms with Crippen LogP contribution in [0.2, 0.25) is 0 Å². The summed E-state index contributed by atoms with van der Waals surface area (Å²) in [4.78, 5) is 53.1. The zero-order chi connectivity index (χ0) is 52.2. The van der Waals surface area contributed by atoms with Crippen molar-refractivity contribution in [1.82, 2.24) is 0 Å². The topological polar surface area (TPSA) is 182 Å². The number of esters is 4. The van der Waals surface area contributed by atoms with Crippen LogP contribution in [0.4, 0.5) is 22.7 Å². The summed E-state index contributed by atoms with van der Waals surface area (Å²) in [5.74, 6) is -0.546.